The number of tetrazole rings is 1. The lowest BCUT2D eigenvalue weighted by molar-refractivity contribution is -0.131. The zero-order chi connectivity index (χ0) is 16.2. The van der Waals surface area contributed by atoms with E-state index in [2.05, 4.69) is 15.4 Å². The second-order valence-corrected chi connectivity index (χ2v) is 6.24. The fourth-order valence-electron chi connectivity index (χ4n) is 2.19. The highest BCUT2D eigenvalue weighted by atomic mass is 32.1. The molecule has 0 spiro atoms. The second-order valence-electron chi connectivity index (χ2n) is 5.30. The average Bonchev–Trinajstić information content (AvgIpc) is 3.20. The summed E-state index contributed by atoms with van der Waals surface area (Å²) >= 11 is 1.54. The fourth-order valence-corrected chi connectivity index (χ4v) is 2.84. The topological polar surface area (TPSA) is 63.9 Å². The summed E-state index contributed by atoms with van der Waals surface area (Å²) in [5, 5.41) is 14.2. The van der Waals surface area contributed by atoms with Gasteiger partial charge in [-0.15, -0.1) is 21.5 Å². The van der Waals surface area contributed by atoms with E-state index in [9.17, 15) is 4.79 Å². The summed E-state index contributed by atoms with van der Waals surface area (Å²) in [5.41, 5.74) is 2.31. The van der Waals surface area contributed by atoms with Crippen molar-refractivity contribution in [3.05, 3.63) is 52.9 Å². The van der Waals surface area contributed by atoms with E-state index in [0.717, 1.165) is 10.4 Å². The molecule has 0 fully saturated rings. The first-order valence-corrected chi connectivity index (χ1v) is 8.11. The van der Waals surface area contributed by atoms with Gasteiger partial charge < -0.3 is 4.90 Å². The van der Waals surface area contributed by atoms with Crippen molar-refractivity contribution in [2.75, 3.05) is 7.05 Å². The Balaban J connectivity index is 1.64. The van der Waals surface area contributed by atoms with E-state index < -0.39 is 0 Å². The molecule has 118 valence electrons. The molecule has 0 saturated heterocycles. The lowest BCUT2D eigenvalue weighted by Gasteiger charge is -2.18. The van der Waals surface area contributed by atoms with Gasteiger partial charge in [0.05, 0.1) is 4.88 Å². The zero-order valence-corrected chi connectivity index (χ0v) is 13.8. The highest BCUT2D eigenvalue weighted by Crippen LogP contribution is 2.19. The van der Waals surface area contributed by atoms with Crippen LogP contribution in [0.3, 0.4) is 0 Å². The molecule has 1 aromatic carbocycles. The van der Waals surface area contributed by atoms with Gasteiger partial charge in [-0.1, -0.05) is 30.3 Å². The molecule has 3 aromatic rings. The van der Waals surface area contributed by atoms with Crippen molar-refractivity contribution in [3.63, 3.8) is 0 Å². The number of thiophene rings is 1. The summed E-state index contributed by atoms with van der Waals surface area (Å²) < 4.78 is 0. The molecule has 7 heteroatoms. The molecule has 0 atom stereocenters. The number of carbonyl (C=O) groups is 1. The van der Waals surface area contributed by atoms with Gasteiger partial charge in [-0.25, -0.2) is 0 Å². The number of nitrogens with zero attached hydrogens (tertiary/aromatic N) is 5. The molecule has 23 heavy (non-hydrogen) atoms. The molecular formula is C16H17N5OS. The van der Waals surface area contributed by atoms with Gasteiger partial charge in [-0.3, -0.25) is 4.79 Å². The number of amides is 1. The lowest BCUT2D eigenvalue weighted by atomic mass is 10.1. The molecule has 0 unspecified atom stereocenters. The van der Waals surface area contributed by atoms with E-state index in [1.807, 2.05) is 48.7 Å². The number of aromatic nitrogens is 4. The molecule has 0 bridgehead atoms. The Morgan fingerprint density at radius 3 is 2.83 bits per heavy atom. The van der Waals surface area contributed by atoms with Gasteiger partial charge in [0.25, 0.3) is 0 Å². The molecule has 1 amide bonds. The molecule has 0 aliphatic rings. The first-order chi connectivity index (χ1) is 11.1. The molecule has 0 saturated carbocycles. The summed E-state index contributed by atoms with van der Waals surface area (Å²) in [6, 6.07) is 11.9. The largest absolute Gasteiger partial charge is 0.340 e. The minimum atomic E-state index is -0.0524. The van der Waals surface area contributed by atoms with Gasteiger partial charge in [-0.05, 0) is 34.7 Å². The van der Waals surface area contributed by atoms with Crippen molar-refractivity contribution in [3.8, 4) is 10.7 Å². The highest BCUT2D eigenvalue weighted by molar-refractivity contribution is 7.13. The maximum atomic E-state index is 12.3. The Kier molecular flexibility index (Phi) is 4.47. The standard InChI is InChI=1S/C16H17N5OS/c1-12-6-3-4-7-13(12)10-20(2)15(22)11-21-18-16(17-19-21)14-8-5-9-23-14/h3-9H,10-11H2,1-2H3. The third-order valence-corrected chi connectivity index (χ3v) is 4.43. The molecule has 0 radical (unpaired) electrons. The molecule has 0 aliphatic heterocycles. The monoisotopic (exact) mass is 327 g/mol. The van der Waals surface area contributed by atoms with Crippen molar-refractivity contribution in [1.29, 1.82) is 0 Å². The van der Waals surface area contributed by atoms with E-state index in [0.29, 0.717) is 12.4 Å². The average molecular weight is 327 g/mol. The van der Waals surface area contributed by atoms with Crippen LogP contribution in [0, 0.1) is 6.92 Å². The van der Waals surface area contributed by atoms with E-state index in [1.165, 1.54) is 10.4 Å². The third kappa shape index (κ3) is 3.62. The number of hydrogen-bond acceptors (Lipinski definition) is 5. The molecular weight excluding hydrogens is 310 g/mol. The minimum Gasteiger partial charge on any atom is -0.340 e. The number of hydrogen-bond donors (Lipinski definition) is 0. The van der Waals surface area contributed by atoms with E-state index >= 15 is 0 Å². The SMILES string of the molecule is Cc1ccccc1CN(C)C(=O)Cn1nnc(-c2cccs2)n1. The van der Waals surface area contributed by atoms with Crippen LogP contribution in [0.2, 0.25) is 0 Å². The molecule has 2 aromatic heterocycles. The minimum absolute atomic E-state index is 0.0524. The predicted molar refractivity (Wildman–Crippen MR) is 88.8 cm³/mol. The van der Waals surface area contributed by atoms with Crippen LogP contribution in [0.4, 0.5) is 0 Å². The highest BCUT2D eigenvalue weighted by Gasteiger charge is 2.14. The van der Waals surface area contributed by atoms with Crippen LogP contribution in [-0.2, 0) is 17.9 Å². The predicted octanol–water partition coefficient (Wildman–Crippen LogP) is 2.37. The van der Waals surface area contributed by atoms with Gasteiger partial charge in [0.1, 0.15) is 6.54 Å². The van der Waals surface area contributed by atoms with Crippen molar-refractivity contribution in [2.45, 2.75) is 20.0 Å². The van der Waals surface area contributed by atoms with Crippen LogP contribution >= 0.6 is 11.3 Å². The first-order valence-electron chi connectivity index (χ1n) is 7.23. The number of aryl methyl sites for hydroxylation is 1. The molecule has 0 aliphatic carbocycles. The van der Waals surface area contributed by atoms with E-state index in [4.69, 9.17) is 0 Å². The number of likely N-dealkylation sites (N-methyl/N-ethyl adjacent to an activating group) is 1. The van der Waals surface area contributed by atoms with Gasteiger partial charge in [0.2, 0.25) is 11.7 Å². The van der Waals surface area contributed by atoms with Crippen LogP contribution in [-0.4, -0.2) is 38.1 Å². The molecule has 3 rings (SSSR count). The van der Waals surface area contributed by atoms with Gasteiger partial charge in [-0.2, -0.15) is 4.80 Å². The van der Waals surface area contributed by atoms with Crippen molar-refractivity contribution in [1.82, 2.24) is 25.1 Å². The summed E-state index contributed by atoms with van der Waals surface area (Å²) in [6.45, 7) is 2.69. The summed E-state index contributed by atoms with van der Waals surface area (Å²) in [6.07, 6.45) is 0. The Morgan fingerprint density at radius 1 is 1.26 bits per heavy atom. The third-order valence-electron chi connectivity index (χ3n) is 3.57. The van der Waals surface area contributed by atoms with Crippen LogP contribution in [0.25, 0.3) is 10.7 Å². The zero-order valence-electron chi connectivity index (χ0n) is 13.0. The second kappa shape index (κ2) is 6.70. The number of carbonyl (C=O) groups excluding carboxylic acids is 1. The number of benzene rings is 1. The van der Waals surface area contributed by atoms with Crippen molar-refractivity contribution in [2.24, 2.45) is 0 Å². The lowest BCUT2D eigenvalue weighted by Crippen LogP contribution is -2.30. The summed E-state index contributed by atoms with van der Waals surface area (Å²) in [4.78, 5) is 16.3. The van der Waals surface area contributed by atoms with Crippen molar-refractivity contribution < 1.29 is 4.79 Å². The Hall–Kier alpha value is -2.54. The van der Waals surface area contributed by atoms with Crippen molar-refractivity contribution >= 4 is 17.2 Å². The van der Waals surface area contributed by atoms with Crippen LogP contribution in [0.5, 0.6) is 0 Å². The van der Waals surface area contributed by atoms with Gasteiger partial charge in [0, 0.05) is 13.6 Å². The normalized spacial score (nSPS) is 10.7. The van der Waals surface area contributed by atoms with E-state index in [1.54, 1.807) is 23.3 Å². The van der Waals surface area contributed by atoms with Crippen LogP contribution in [0.15, 0.2) is 41.8 Å². The molecule has 0 N–H and O–H groups in total. The molecule has 6 nitrogen and oxygen atoms in total. The Morgan fingerprint density at radius 2 is 2.09 bits per heavy atom. The van der Waals surface area contributed by atoms with Gasteiger partial charge in [0.15, 0.2) is 0 Å². The quantitative estimate of drug-likeness (QED) is 0.722. The van der Waals surface area contributed by atoms with Crippen LogP contribution in [0.1, 0.15) is 11.1 Å². The number of rotatable bonds is 5. The Labute approximate surface area is 138 Å². The Bertz CT molecular complexity index is 796. The van der Waals surface area contributed by atoms with Gasteiger partial charge >= 0.3 is 0 Å². The first kappa shape index (κ1) is 15.4. The maximum absolute atomic E-state index is 12.3. The maximum Gasteiger partial charge on any atom is 0.246 e. The molecule has 2 heterocycles. The fraction of sp³-hybridized carbons (Fsp3) is 0.250. The summed E-state index contributed by atoms with van der Waals surface area (Å²) in [5.74, 6) is 0.498. The van der Waals surface area contributed by atoms with Crippen LogP contribution < -0.4 is 0 Å². The smallest absolute Gasteiger partial charge is 0.246 e. The summed E-state index contributed by atoms with van der Waals surface area (Å²) in [7, 11) is 1.78. The van der Waals surface area contributed by atoms with E-state index in [-0.39, 0.29) is 12.5 Å².